The molecule has 0 spiro atoms. The summed E-state index contributed by atoms with van der Waals surface area (Å²) in [5, 5.41) is 6.83. The number of nitrogens with zero attached hydrogens (tertiary/aromatic N) is 2. The minimum Gasteiger partial charge on any atom is -0.365 e. The van der Waals surface area contributed by atoms with Crippen LogP contribution < -0.4 is 10.6 Å². The summed E-state index contributed by atoms with van der Waals surface area (Å²) in [7, 11) is 3.98. The van der Waals surface area contributed by atoms with Crippen molar-refractivity contribution in [1.82, 2.24) is 15.2 Å². The van der Waals surface area contributed by atoms with Crippen LogP contribution in [0.25, 0.3) is 0 Å². The highest BCUT2D eigenvalue weighted by molar-refractivity contribution is 7.17. The molecule has 1 fully saturated rings. The van der Waals surface area contributed by atoms with Crippen LogP contribution >= 0.6 is 11.3 Å². The van der Waals surface area contributed by atoms with E-state index in [4.69, 9.17) is 0 Å². The van der Waals surface area contributed by atoms with Crippen LogP contribution in [0.2, 0.25) is 0 Å². The summed E-state index contributed by atoms with van der Waals surface area (Å²) in [5.74, 6) is 0.390. The monoisotopic (exact) mass is 344 g/mol. The summed E-state index contributed by atoms with van der Waals surface area (Å²) in [6, 6.07) is 10.9. The van der Waals surface area contributed by atoms with Crippen LogP contribution in [-0.2, 0) is 0 Å². The van der Waals surface area contributed by atoms with Crippen molar-refractivity contribution in [1.29, 1.82) is 0 Å². The highest BCUT2D eigenvalue weighted by Gasteiger charge is 2.30. The van der Waals surface area contributed by atoms with Crippen LogP contribution in [0.3, 0.4) is 0 Å². The largest absolute Gasteiger partial charge is 0.365 e. The van der Waals surface area contributed by atoms with Gasteiger partial charge in [-0.3, -0.25) is 9.69 Å². The summed E-state index contributed by atoms with van der Waals surface area (Å²) in [4.78, 5) is 19.6. The molecule has 128 valence electrons. The Morgan fingerprint density at radius 2 is 2.17 bits per heavy atom. The first-order valence-electron chi connectivity index (χ1n) is 8.36. The molecule has 2 atom stereocenters. The average Bonchev–Trinajstić information content (AvgIpc) is 3.10. The van der Waals surface area contributed by atoms with Crippen LogP contribution in [0.15, 0.2) is 36.5 Å². The molecule has 1 aromatic heterocycles. The normalized spacial score (nSPS) is 21.4. The van der Waals surface area contributed by atoms with Crippen molar-refractivity contribution < 1.29 is 4.79 Å². The Hall–Kier alpha value is -1.92. The first-order chi connectivity index (χ1) is 11.7. The maximum atomic E-state index is 12.4. The molecule has 1 aliphatic rings. The van der Waals surface area contributed by atoms with E-state index < -0.39 is 0 Å². The molecule has 0 bridgehead atoms. The Morgan fingerprint density at radius 1 is 1.38 bits per heavy atom. The van der Waals surface area contributed by atoms with E-state index in [0.29, 0.717) is 23.4 Å². The van der Waals surface area contributed by atoms with Crippen molar-refractivity contribution in [2.75, 3.05) is 32.5 Å². The zero-order valence-corrected chi connectivity index (χ0v) is 15.0. The predicted molar refractivity (Wildman–Crippen MR) is 98.5 cm³/mol. The first-order valence-corrected chi connectivity index (χ1v) is 9.17. The number of nitrogens with one attached hydrogen (secondary N) is 2. The lowest BCUT2D eigenvalue weighted by Gasteiger charge is -2.39. The highest BCUT2D eigenvalue weighted by atomic mass is 32.1. The molecule has 1 saturated heterocycles. The molecule has 0 radical (unpaired) electrons. The number of thiazole rings is 1. The molecule has 0 unspecified atom stereocenters. The topological polar surface area (TPSA) is 57.3 Å². The lowest BCUT2D eigenvalue weighted by molar-refractivity contribution is 0.0895. The fourth-order valence-electron chi connectivity index (χ4n) is 3.46. The average molecular weight is 344 g/mol. The summed E-state index contributed by atoms with van der Waals surface area (Å²) >= 11 is 1.38. The number of benzene rings is 1. The van der Waals surface area contributed by atoms with Crippen molar-refractivity contribution >= 4 is 22.4 Å². The molecule has 2 N–H and O–H groups in total. The lowest BCUT2D eigenvalue weighted by atomic mass is 9.85. The van der Waals surface area contributed by atoms with Crippen LogP contribution in [0.1, 0.15) is 34.1 Å². The fraction of sp³-hybridized carbons (Fsp3) is 0.444. The van der Waals surface area contributed by atoms with E-state index in [9.17, 15) is 4.79 Å². The number of carbonyl (C=O) groups excluding carboxylic acids is 1. The van der Waals surface area contributed by atoms with Gasteiger partial charge in [-0.2, -0.15) is 0 Å². The van der Waals surface area contributed by atoms with Crippen LogP contribution in [0.5, 0.6) is 0 Å². The number of piperidine rings is 1. The quantitative estimate of drug-likeness (QED) is 0.875. The number of anilines is 1. The van der Waals surface area contributed by atoms with Gasteiger partial charge in [0.2, 0.25) is 0 Å². The van der Waals surface area contributed by atoms with Gasteiger partial charge < -0.3 is 10.6 Å². The molecule has 24 heavy (non-hydrogen) atoms. The second kappa shape index (κ2) is 7.77. The number of hydrogen-bond acceptors (Lipinski definition) is 5. The van der Waals surface area contributed by atoms with Crippen molar-refractivity contribution in [2.45, 2.75) is 18.9 Å². The fourth-order valence-corrected chi connectivity index (χ4v) is 4.14. The maximum Gasteiger partial charge on any atom is 0.263 e. The van der Waals surface area contributed by atoms with Gasteiger partial charge in [-0.15, -0.1) is 0 Å². The van der Waals surface area contributed by atoms with E-state index in [1.165, 1.54) is 23.3 Å². The number of aromatic nitrogens is 1. The minimum absolute atomic E-state index is 0.0333. The summed E-state index contributed by atoms with van der Waals surface area (Å²) in [5.41, 5.74) is 1.33. The van der Waals surface area contributed by atoms with Gasteiger partial charge >= 0.3 is 0 Å². The standard InChI is InChI=1S/C18H24N4OS/c1-19-18-21-12-15(24-18)17(23)20-11-14-9-6-10-22(2)16(14)13-7-4-3-5-8-13/h3-5,7-8,12,14,16H,6,9-11H2,1-2H3,(H,19,21)(H,20,23)/t14-,16-/m0/s1. The minimum atomic E-state index is -0.0333. The summed E-state index contributed by atoms with van der Waals surface area (Å²) in [6.07, 6.45) is 3.94. The third-order valence-electron chi connectivity index (χ3n) is 4.62. The Balaban J connectivity index is 1.67. The molecule has 0 saturated carbocycles. The molecular formula is C18H24N4OS. The molecule has 1 aromatic carbocycles. The number of hydrogen-bond donors (Lipinski definition) is 2. The van der Waals surface area contributed by atoms with E-state index >= 15 is 0 Å². The smallest absolute Gasteiger partial charge is 0.263 e. The van der Waals surface area contributed by atoms with Crippen molar-refractivity contribution in [3.63, 3.8) is 0 Å². The molecule has 0 aliphatic carbocycles. The molecule has 5 nitrogen and oxygen atoms in total. The van der Waals surface area contributed by atoms with E-state index in [1.807, 2.05) is 13.1 Å². The Morgan fingerprint density at radius 3 is 2.88 bits per heavy atom. The first kappa shape index (κ1) is 16.9. The Labute approximate surface area is 147 Å². The number of amides is 1. The number of rotatable bonds is 5. The van der Waals surface area contributed by atoms with Gasteiger partial charge in [-0.1, -0.05) is 41.7 Å². The van der Waals surface area contributed by atoms with E-state index in [0.717, 1.165) is 18.1 Å². The van der Waals surface area contributed by atoms with Gasteiger partial charge in [0, 0.05) is 19.6 Å². The molecular weight excluding hydrogens is 320 g/mol. The Kier molecular flexibility index (Phi) is 5.48. The summed E-state index contributed by atoms with van der Waals surface area (Å²) in [6.45, 7) is 1.79. The van der Waals surface area contributed by atoms with Crippen molar-refractivity contribution in [3.05, 3.63) is 47.0 Å². The van der Waals surface area contributed by atoms with E-state index in [1.54, 1.807) is 6.20 Å². The maximum absolute atomic E-state index is 12.4. The van der Waals surface area contributed by atoms with Gasteiger partial charge in [0.15, 0.2) is 5.13 Å². The lowest BCUT2D eigenvalue weighted by Crippen LogP contribution is -2.41. The highest BCUT2D eigenvalue weighted by Crippen LogP contribution is 2.34. The van der Waals surface area contributed by atoms with E-state index in [-0.39, 0.29) is 5.91 Å². The van der Waals surface area contributed by atoms with Gasteiger partial charge in [-0.25, -0.2) is 4.98 Å². The third kappa shape index (κ3) is 3.76. The van der Waals surface area contributed by atoms with Gasteiger partial charge in [0.05, 0.1) is 6.20 Å². The van der Waals surface area contributed by atoms with Gasteiger partial charge in [-0.05, 0) is 37.9 Å². The van der Waals surface area contributed by atoms with E-state index in [2.05, 4.69) is 51.8 Å². The van der Waals surface area contributed by atoms with Crippen LogP contribution in [0, 0.1) is 5.92 Å². The molecule has 2 heterocycles. The van der Waals surface area contributed by atoms with Crippen LogP contribution in [-0.4, -0.2) is 43.0 Å². The molecule has 6 heteroatoms. The second-order valence-electron chi connectivity index (χ2n) is 6.23. The van der Waals surface area contributed by atoms with Crippen LogP contribution in [0.4, 0.5) is 5.13 Å². The molecule has 1 amide bonds. The second-order valence-corrected chi connectivity index (χ2v) is 7.26. The van der Waals surface area contributed by atoms with Crippen molar-refractivity contribution in [2.24, 2.45) is 5.92 Å². The zero-order chi connectivity index (χ0) is 16.9. The SMILES string of the molecule is CNc1ncc(C(=O)NC[C@@H]2CCCN(C)[C@H]2c2ccccc2)s1. The predicted octanol–water partition coefficient (Wildman–Crippen LogP) is 3.00. The Bertz CT molecular complexity index is 673. The summed E-state index contributed by atoms with van der Waals surface area (Å²) < 4.78 is 0. The molecule has 2 aromatic rings. The molecule has 3 rings (SSSR count). The number of carbonyl (C=O) groups is 1. The van der Waals surface area contributed by atoms with Gasteiger partial charge in [0.1, 0.15) is 4.88 Å². The zero-order valence-electron chi connectivity index (χ0n) is 14.2. The van der Waals surface area contributed by atoms with Crippen molar-refractivity contribution in [3.8, 4) is 0 Å². The third-order valence-corrected chi connectivity index (χ3v) is 5.63. The van der Waals surface area contributed by atoms with Gasteiger partial charge in [0.25, 0.3) is 5.91 Å². The molecule has 1 aliphatic heterocycles. The number of likely N-dealkylation sites (tertiary alicyclic amines) is 1.